The minimum absolute atomic E-state index is 0.801. The first-order valence-electron chi connectivity index (χ1n) is 50.1. The van der Waals surface area contributed by atoms with E-state index in [-0.39, 0.29) is 0 Å². The predicted octanol–water partition coefficient (Wildman–Crippen LogP) is 33.9. The van der Waals surface area contributed by atoms with Gasteiger partial charge in [-0.1, -0.05) is 376 Å². The fourth-order valence-corrected chi connectivity index (χ4v) is 21.5. The molecule has 0 N–H and O–H groups in total. The standard InChI is InChI=1S/C46H28N4.2C45H27N5/c1-3-9-30(10-4-1)39-25-21-33-19-23-36-35(27-28-47-45(36)43(33)48-39)29-15-17-31(18-16-29)40-26-22-34-20-24-38-42(32-11-5-2-6-12-32)37-13-7-8-14-41(37)50-46(38)44(34)49-40;1-3-9-28(10-4-1)37-22-17-30-15-20-34-33(25-26-46-44(34)42(30)48-37)32-19-23-39(47-27-32)40-24-18-31-16-21-36-41(29-11-5-2-6-12-29)35-13-7-8-14-38(35)49-45(36)43(31)50-40;1-3-9-28(10-4-1)37-22-17-30-15-20-34-33(25-26-46-44(34)42(30)48-37)39-24-19-32(27-47-39)38-23-18-31-16-21-36-41(29-11-5-2-6-12-29)35-13-7-8-14-40(35)50-45(36)43(31)49-38/h1-28H;2*1-27H. The lowest BCUT2D eigenvalue weighted by atomic mass is 9.95. The number of hydrogen-bond acceptors (Lipinski definition) is 14. The van der Waals surface area contributed by atoms with Crippen molar-refractivity contribution < 1.29 is 0 Å². The average Bonchev–Trinajstić information content (AvgIpc) is 0.739. The Morgan fingerprint density at radius 2 is 0.353 bits per heavy atom. The highest BCUT2D eigenvalue weighted by atomic mass is 14.8. The molecule has 0 saturated carbocycles. The predicted molar refractivity (Wildman–Crippen MR) is 616 cm³/mol. The Hall–Kier alpha value is -20.5. The second-order valence-electron chi connectivity index (χ2n) is 37.6. The van der Waals surface area contributed by atoms with E-state index in [0.717, 1.165) is 276 Å². The molecule has 0 atom stereocenters. The maximum Gasteiger partial charge on any atom is 0.0978 e. The number of benzene rings is 16. The number of nitrogens with zero attached hydrogens (tertiary/aromatic N) is 14. The van der Waals surface area contributed by atoms with Gasteiger partial charge in [-0.3, -0.25) is 24.9 Å². The summed E-state index contributed by atoms with van der Waals surface area (Å²) in [6.45, 7) is 0. The zero-order valence-corrected chi connectivity index (χ0v) is 80.6. The highest BCUT2D eigenvalue weighted by Crippen LogP contribution is 2.46. The van der Waals surface area contributed by atoms with Gasteiger partial charge in [-0.15, -0.1) is 0 Å². The van der Waals surface area contributed by atoms with Crippen LogP contribution in [0.5, 0.6) is 0 Å². The molecule has 14 nitrogen and oxygen atoms in total. The molecule has 14 heteroatoms. The average molecular weight is 1910 g/mol. The van der Waals surface area contributed by atoms with Crippen LogP contribution in [0.25, 0.3) is 298 Å². The molecule has 696 valence electrons. The Balaban J connectivity index is 0.000000108. The molecule has 0 aliphatic carbocycles. The summed E-state index contributed by atoms with van der Waals surface area (Å²) >= 11 is 0. The van der Waals surface area contributed by atoms with Gasteiger partial charge >= 0.3 is 0 Å². The van der Waals surface area contributed by atoms with Crippen LogP contribution in [0.15, 0.2) is 498 Å². The normalized spacial score (nSPS) is 11.6. The summed E-state index contributed by atoms with van der Waals surface area (Å²) in [5, 5.41) is 16.1. The molecule has 30 rings (SSSR count). The van der Waals surface area contributed by atoms with Crippen LogP contribution in [0.4, 0.5) is 0 Å². The SMILES string of the molecule is c1ccc(-c2ccc3ccc4c(-c5ccc(-c6ccc7ccc8c(-c9ccccc9)c9ccccc9nc8c7n6)cc5)ccnc4c3n2)cc1.c1ccc(-c2ccc3ccc4c(-c5ccc(-c6ccc7ccc8c(-c9ccccc9)c9ccccc9nc8c7n6)cn5)ccnc4c3n2)cc1.c1ccc(-c2ccc3ccc4c(-c5ccc(-c6ccc7ccc8c(-c9ccccc9)c9ccccc9nc8c7n6)nc5)ccnc4c3n2)cc1. The highest BCUT2D eigenvalue weighted by molar-refractivity contribution is 6.21. The zero-order valence-electron chi connectivity index (χ0n) is 80.6. The van der Waals surface area contributed by atoms with Crippen molar-refractivity contribution in [1.29, 1.82) is 0 Å². The van der Waals surface area contributed by atoms with Crippen molar-refractivity contribution in [1.82, 2.24) is 69.8 Å². The Labute approximate surface area is 860 Å². The lowest BCUT2D eigenvalue weighted by Crippen LogP contribution is -1.94. The third-order valence-electron chi connectivity index (χ3n) is 28.8. The van der Waals surface area contributed by atoms with Crippen LogP contribution >= 0.6 is 0 Å². The van der Waals surface area contributed by atoms with Crippen LogP contribution < -0.4 is 0 Å². The number of para-hydroxylation sites is 3. The highest BCUT2D eigenvalue weighted by Gasteiger charge is 2.24. The van der Waals surface area contributed by atoms with E-state index in [9.17, 15) is 0 Å². The topological polar surface area (TPSA) is 180 Å². The van der Waals surface area contributed by atoms with Crippen LogP contribution in [-0.4, -0.2) is 69.8 Å². The molecular weight excluding hydrogens is 1830 g/mol. The molecule has 0 aliphatic heterocycles. The molecule has 0 fully saturated rings. The summed E-state index contributed by atoms with van der Waals surface area (Å²) in [5.41, 5.74) is 38.2. The van der Waals surface area contributed by atoms with Crippen LogP contribution in [0, 0.1) is 0 Å². The largest absolute Gasteiger partial charge is 0.256 e. The lowest BCUT2D eigenvalue weighted by Gasteiger charge is -2.13. The molecule has 0 bridgehead atoms. The molecule has 14 aromatic heterocycles. The van der Waals surface area contributed by atoms with Gasteiger partial charge in [0.2, 0.25) is 0 Å². The molecule has 0 spiro atoms. The van der Waals surface area contributed by atoms with E-state index < -0.39 is 0 Å². The van der Waals surface area contributed by atoms with Gasteiger partial charge in [0.25, 0.3) is 0 Å². The van der Waals surface area contributed by atoms with Crippen LogP contribution in [-0.2, 0) is 0 Å². The number of rotatable bonds is 12. The van der Waals surface area contributed by atoms with Gasteiger partial charge in [0.15, 0.2) is 0 Å². The van der Waals surface area contributed by atoms with Gasteiger partial charge in [-0.05, 0) is 124 Å². The van der Waals surface area contributed by atoms with Crippen molar-refractivity contribution in [2.75, 3.05) is 0 Å². The number of hydrogen-bond donors (Lipinski definition) is 0. The van der Waals surface area contributed by atoms with E-state index in [1.165, 1.54) is 22.3 Å². The van der Waals surface area contributed by atoms with E-state index in [4.69, 9.17) is 69.8 Å². The second kappa shape index (κ2) is 37.0. The van der Waals surface area contributed by atoms with Gasteiger partial charge in [-0.25, -0.2) is 44.9 Å². The van der Waals surface area contributed by atoms with Crippen molar-refractivity contribution in [2.45, 2.75) is 0 Å². The van der Waals surface area contributed by atoms with Crippen LogP contribution in [0.3, 0.4) is 0 Å². The number of pyridine rings is 14. The lowest BCUT2D eigenvalue weighted by molar-refractivity contribution is 1.28. The van der Waals surface area contributed by atoms with E-state index in [1.807, 2.05) is 122 Å². The molecule has 16 aromatic carbocycles. The fourth-order valence-electron chi connectivity index (χ4n) is 21.5. The number of aromatic nitrogens is 14. The Kier molecular flexibility index (Phi) is 21.6. The summed E-state index contributed by atoms with van der Waals surface area (Å²) in [7, 11) is 0. The fraction of sp³-hybridized carbons (Fsp3) is 0. The van der Waals surface area contributed by atoms with E-state index in [1.54, 1.807) is 0 Å². The number of fused-ring (bicyclic) bond motifs is 21. The molecule has 0 saturated heterocycles. The Morgan fingerprint density at radius 1 is 0.113 bits per heavy atom. The molecule has 30 aromatic rings. The first-order chi connectivity index (χ1) is 74.3. The minimum atomic E-state index is 0.801. The Bertz CT molecular complexity index is 9670. The van der Waals surface area contributed by atoms with Gasteiger partial charge in [0.05, 0.1) is 128 Å². The summed E-state index contributed by atoms with van der Waals surface area (Å²) in [6.07, 6.45) is 9.43. The molecule has 14 heterocycles. The first kappa shape index (κ1) is 87.3. The summed E-state index contributed by atoms with van der Waals surface area (Å²) in [6, 6.07) is 162. The molecule has 0 unspecified atom stereocenters. The molecule has 0 amide bonds. The maximum absolute atomic E-state index is 5.25. The van der Waals surface area contributed by atoms with Crippen molar-refractivity contribution in [2.24, 2.45) is 0 Å². The van der Waals surface area contributed by atoms with Crippen LogP contribution in [0.2, 0.25) is 0 Å². The van der Waals surface area contributed by atoms with Crippen molar-refractivity contribution >= 4 is 164 Å². The molecule has 0 aliphatic rings. The third kappa shape index (κ3) is 15.7. The smallest absolute Gasteiger partial charge is 0.0978 e. The van der Waals surface area contributed by atoms with Gasteiger partial charge in [0.1, 0.15) is 0 Å². The van der Waals surface area contributed by atoms with E-state index in [0.29, 0.717) is 0 Å². The van der Waals surface area contributed by atoms with Crippen molar-refractivity contribution in [3.63, 3.8) is 0 Å². The molecule has 0 radical (unpaired) electrons. The van der Waals surface area contributed by atoms with Gasteiger partial charge < -0.3 is 0 Å². The Morgan fingerprint density at radius 3 is 0.700 bits per heavy atom. The van der Waals surface area contributed by atoms with E-state index >= 15 is 0 Å². The van der Waals surface area contributed by atoms with E-state index in [2.05, 4.69) is 376 Å². The third-order valence-corrected chi connectivity index (χ3v) is 28.8. The van der Waals surface area contributed by atoms with Crippen molar-refractivity contribution in [3.05, 3.63) is 498 Å². The maximum atomic E-state index is 5.25. The van der Waals surface area contributed by atoms with Gasteiger partial charge in [0, 0.05) is 167 Å². The van der Waals surface area contributed by atoms with Crippen molar-refractivity contribution in [3.8, 4) is 135 Å². The quantitative estimate of drug-likeness (QED) is 0.0832. The molecular formula is C136H82N14. The minimum Gasteiger partial charge on any atom is -0.256 e. The van der Waals surface area contributed by atoms with Gasteiger partial charge in [-0.2, -0.15) is 0 Å². The zero-order chi connectivity index (χ0) is 99.1. The monoisotopic (exact) mass is 1910 g/mol. The second-order valence-corrected chi connectivity index (χ2v) is 37.6. The summed E-state index contributed by atoms with van der Waals surface area (Å²) in [4.78, 5) is 70.6. The summed E-state index contributed by atoms with van der Waals surface area (Å²) in [5.74, 6) is 0. The molecule has 150 heavy (non-hydrogen) atoms. The first-order valence-corrected chi connectivity index (χ1v) is 50.1. The summed E-state index contributed by atoms with van der Waals surface area (Å²) < 4.78 is 0. The van der Waals surface area contributed by atoms with Crippen LogP contribution in [0.1, 0.15) is 0 Å².